The molecule has 4 N–H and O–H groups in total. The Morgan fingerprint density at radius 3 is 2.72 bits per heavy atom. The lowest BCUT2D eigenvalue weighted by molar-refractivity contribution is 0.0698. The van der Waals surface area contributed by atoms with E-state index in [0.29, 0.717) is 5.69 Å². The fraction of sp³-hybridized carbons (Fsp3) is 0.500. The van der Waals surface area contributed by atoms with Gasteiger partial charge in [-0.3, -0.25) is 0 Å². The molecule has 0 aromatic heterocycles. The molecule has 0 saturated carbocycles. The van der Waals surface area contributed by atoms with Crippen LogP contribution in [-0.2, 0) is 0 Å². The molecule has 0 bridgehead atoms. The number of anilines is 2. The van der Waals surface area contributed by atoms with Crippen molar-refractivity contribution in [3.8, 4) is 0 Å². The number of nitrogens with two attached hydrogens (primary N) is 1. The first-order chi connectivity index (χ1) is 8.50. The van der Waals surface area contributed by atoms with Crippen molar-refractivity contribution >= 4 is 17.3 Å². The van der Waals surface area contributed by atoms with Gasteiger partial charge < -0.3 is 16.2 Å². The summed E-state index contributed by atoms with van der Waals surface area (Å²) >= 11 is 0. The zero-order chi connectivity index (χ0) is 13.5. The third-order valence-electron chi connectivity index (χ3n) is 2.82. The zero-order valence-corrected chi connectivity index (χ0v) is 11.1. The fourth-order valence-electron chi connectivity index (χ4n) is 1.76. The van der Waals surface area contributed by atoms with Gasteiger partial charge in [0.15, 0.2) is 0 Å². The SMILES string of the molecule is CC(C)CCCCNc1ccc(N)c(C(=O)O)c1. The van der Waals surface area contributed by atoms with Crippen LogP contribution in [0.3, 0.4) is 0 Å². The van der Waals surface area contributed by atoms with Crippen molar-refractivity contribution in [2.45, 2.75) is 33.1 Å². The monoisotopic (exact) mass is 250 g/mol. The topological polar surface area (TPSA) is 75.3 Å². The smallest absolute Gasteiger partial charge is 0.337 e. The molecule has 0 heterocycles. The molecule has 0 aliphatic rings. The van der Waals surface area contributed by atoms with Crippen LogP contribution in [0.25, 0.3) is 0 Å². The quantitative estimate of drug-likeness (QED) is 0.513. The molecule has 0 amide bonds. The Morgan fingerprint density at radius 2 is 2.11 bits per heavy atom. The number of hydrogen-bond donors (Lipinski definition) is 3. The summed E-state index contributed by atoms with van der Waals surface area (Å²) in [6.07, 6.45) is 3.50. The molecule has 0 atom stereocenters. The van der Waals surface area contributed by atoms with Crippen molar-refractivity contribution in [3.05, 3.63) is 23.8 Å². The molecule has 18 heavy (non-hydrogen) atoms. The highest BCUT2D eigenvalue weighted by molar-refractivity contribution is 5.94. The van der Waals surface area contributed by atoms with Crippen LogP contribution < -0.4 is 11.1 Å². The van der Waals surface area contributed by atoms with E-state index in [1.807, 2.05) is 6.07 Å². The van der Waals surface area contributed by atoms with E-state index in [-0.39, 0.29) is 5.56 Å². The molecule has 1 aromatic carbocycles. The molecule has 4 heteroatoms. The molecule has 0 radical (unpaired) electrons. The lowest BCUT2D eigenvalue weighted by Crippen LogP contribution is -2.06. The van der Waals surface area contributed by atoms with Gasteiger partial charge in [0.1, 0.15) is 0 Å². The van der Waals surface area contributed by atoms with Crippen LogP contribution >= 0.6 is 0 Å². The van der Waals surface area contributed by atoms with Crippen molar-refractivity contribution in [1.29, 1.82) is 0 Å². The number of carboxylic acid groups (broad SMARTS) is 1. The zero-order valence-electron chi connectivity index (χ0n) is 11.1. The van der Waals surface area contributed by atoms with Gasteiger partial charge in [0.2, 0.25) is 0 Å². The van der Waals surface area contributed by atoms with E-state index in [1.165, 1.54) is 12.8 Å². The van der Waals surface area contributed by atoms with E-state index in [2.05, 4.69) is 19.2 Å². The van der Waals surface area contributed by atoms with Crippen LogP contribution in [0.4, 0.5) is 11.4 Å². The number of rotatable bonds is 7. The molecule has 100 valence electrons. The van der Waals surface area contributed by atoms with Crippen molar-refractivity contribution in [2.24, 2.45) is 5.92 Å². The summed E-state index contributed by atoms with van der Waals surface area (Å²) in [6.45, 7) is 5.29. The summed E-state index contributed by atoms with van der Waals surface area (Å²) in [5.74, 6) is -0.254. The summed E-state index contributed by atoms with van der Waals surface area (Å²) in [6, 6.07) is 5.02. The number of aromatic carboxylic acids is 1. The fourth-order valence-corrected chi connectivity index (χ4v) is 1.76. The Balaban J connectivity index is 2.43. The molecule has 0 spiro atoms. The molecule has 0 aliphatic carbocycles. The number of carbonyl (C=O) groups is 1. The predicted octanol–water partition coefficient (Wildman–Crippen LogP) is 3.21. The van der Waals surface area contributed by atoms with Crippen LogP contribution in [0.15, 0.2) is 18.2 Å². The number of unbranched alkanes of at least 4 members (excludes halogenated alkanes) is 1. The van der Waals surface area contributed by atoms with E-state index in [4.69, 9.17) is 10.8 Å². The van der Waals surface area contributed by atoms with Gasteiger partial charge in [-0.1, -0.05) is 26.7 Å². The minimum absolute atomic E-state index is 0.155. The Morgan fingerprint density at radius 1 is 1.39 bits per heavy atom. The average Bonchev–Trinajstić information content (AvgIpc) is 2.30. The number of carboxylic acids is 1. The molecule has 0 fully saturated rings. The number of nitrogens with one attached hydrogen (secondary N) is 1. The standard InChI is InChI=1S/C14H22N2O2/c1-10(2)5-3-4-8-16-11-6-7-13(15)12(9-11)14(17)18/h6-7,9-10,16H,3-5,8,15H2,1-2H3,(H,17,18). The highest BCUT2D eigenvalue weighted by atomic mass is 16.4. The van der Waals surface area contributed by atoms with E-state index in [9.17, 15) is 4.79 Å². The maximum absolute atomic E-state index is 10.9. The molecule has 4 nitrogen and oxygen atoms in total. The van der Waals surface area contributed by atoms with Gasteiger partial charge in [0.05, 0.1) is 5.56 Å². The minimum atomic E-state index is -0.990. The third kappa shape index (κ3) is 4.65. The van der Waals surface area contributed by atoms with Crippen molar-refractivity contribution in [3.63, 3.8) is 0 Å². The number of benzene rings is 1. The van der Waals surface area contributed by atoms with Gasteiger partial charge >= 0.3 is 5.97 Å². The summed E-state index contributed by atoms with van der Waals surface area (Å²) < 4.78 is 0. The Kier molecular flexibility index (Phi) is 5.49. The minimum Gasteiger partial charge on any atom is -0.478 e. The first-order valence-electron chi connectivity index (χ1n) is 6.37. The van der Waals surface area contributed by atoms with Crippen LogP contribution in [0.5, 0.6) is 0 Å². The second kappa shape index (κ2) is 6.89. The number of nitrogen functional groups attached to an aromatic ring is 1. The Hall–Kier alpha value is -1.71. The van der Waals surface area contributed by atoms with Crippen molar-refractivity contribution < 1.29 is 9.90 Å². The molecule has 0 unspecified atom stereocenters. The van der Waals surface area contributed by atoms with Crippen molar-refractivity contribution in [1.82, 2.24) is 0 Å². The van der Waals surface area contributed by atoms with Crippen LogP contribution in [0, 0.1) is 5.92 Å². The molecule has 1 aromatic rings. The normalized spacial score (nSPS) is 10.6. The van der Waals surface area contributed by atoms with Gasteiger partial charge in [0.25, 0.3) is 0 Å². The van der Waals surface area contributed by atoms with Gasteiger partial charge in [-0.05, 0) is 30.5 Å². The highest BCUT2D eigenvalue weighted by Crippen LogP contribution is 2.18. The predicted molar refractivity (Wildman–Crippen MR) is 75.0 cm³/mol. The molecule has 0 saturated heterocycles. The van der Waals surface area contributed by atoms with E-state index in [0.717, 1.165) is 24.6 Å². The second-order valence-electron chi connectivity index (χ2n) is 4.92. The molecule has 0 aliphatic heterocycles. The summed E-state index contributed by atoms with van der Waals surface area (Å²) in [7, 11) is 0. The lowest BCUT2D eigenvalue weighted by Gasteiger charge is -2.09. The average molecular weight is 250 g/mol. The van der Waals surface area contributed by atoms with E-state index in [1.54, 1.807) is 12.1 Å². The largest absolute Gasteiger partial charge is 0.478 e. The van der Waals surface area contributed by atoms with E-state index < -0.39 is 5.97 Å². The number of hydrogen-bond acceptors (Lipinski definition) is 3. The maximum atomic E-state index is 10.9. The molecule has 1 rings (SSSR count). The summed E-state index contributed by atoms with van der Waals surface area (Å²) in [5, 5.41) is 12.2. The Labute approximate surface area is 108 Å². The maximum Gasteiger partial charge on any atom is 0.337 e. The molecular weight excluding hydrogens is 228 g/mol. The molecular formula is C14H22N2O2. The summed E-state index contributed by atoms with van der Waals surface area (Å²) in [4.78, 5) is 10.9. The van der Waals surface area contributed by atoms with Crippen molar-refractivity contribution in [2.75, 3.05) is 17.6 Å². The first kappa shape index (κ1) is 14.4. The summed E-state index contributed by atoms with van der Waals surface area (Å²) in [5.41, 5.74) is 6.86. The van der Waals surface area contributed by atoms with Crippen LogP contribution in [0.1, 0.15) is 43.5 Å². The van der Waals surface area contributed by atoms with Crippen LogP contribution in [0.2, 0.25) is 0 Å². The van der Waals surface area contributed by atoms with Gasteiger partial charge in [-0.15, -0.1) is 0 Å². The lowest BCUT2D eigenvalue weighted by atomic mass is 10.1. The third-order valence-corrected chi connectivity index (χ3v) is 2.82. The van der Waals surface area contributed by atoms with Gasteiger partial charge in [-0.25, -0.2) is 4.79 Å². The van der Waals surface area contributed by atoms with Gasteiger partial charge in [-0.2, -0.15) is 0 Å². The second-order valence-corrected chi connectivity index (χ2v) is 4.92. The highest BCUT2D eigenvalue weighted by Gasteiger charge is 2.08. The Bertz CT molecular complexity index is 403. The van der Waals surface area contributed by atoms with Crippen LogP contribution in [-0.4, -0.2) is 17.6 Å². The first-order valence-corrected chi connectivity index (χ1v) is 6.37. The van der Waals surface area contributed by atoms with Gasteiger partial charge in [0, 0.05) is 17.9 Å². The van der Waals surface area contributed by atoms with E-state index >= 15 is 0 Å².